The summed E-state index contributed by atoms with van der Waals surface area (Å²) < 4.78 is 5.00. The summed E-state index contributed by atoms with van der Waals surface area (Å²) in [6.45, 7) is 2.62. The maximum absolute atomic E-state index is 13.1. The zero-order chi connectivity index (χ0) is 27.0. The number of nitrogens with one attached hydrogen (secondary N) is 1. The zero-order valence-electron chi connectivity index (χ0n) is 21.6. The summed E-state index contributed by atoms with van der Waals surface area (Å²) in [6, 6.07) is 19.8. The summed E-state index contributed by atoms with van der Waals surface area (Å²) in [5, 5.41) is 3.90. The summed E-state index contributed by atoms with van der Waals surface area (Å²) >= 11 is 0. The van der Waals surface area contributed by atoms with E-state index in [2.05, 4.69) is 22.4 Å². The quantitative estimate of drug-likeness (QED) is 0.291. The van der Waals surface area contributed by atoms with Crippen LogP contribution in [0.2, 0.25) is 0 Å². The molecule has 4 aromatic rings. The molecule has 0 saturated carbocycles. The lowest BCUT2D eigenvalue weighted by atomic mass is 9.79. The van der Waals surface area contributed by atoms with Crippen LogP contribution in [0, 0.1) is 0 Å². The molecule has 2 amide bonds. The number of hydrogen-bond donors (Lipinski definition) is 1. The van der Waals surface area contributed by atoms with Crippen molar-refractivity contribution in [3.63, 3.8) is 0 Å². The van der Waals surface area contributed by atoms with Gasteiger partial charge >= 0.3 is 5.97 Å². The molecule has 3 heterocycles. The summed E-state index contributed by atoms with van der Waals surface area (Å²) in [6.07, 6.45) is 4.37. The van der Waals surface area contributed by atoms with Crippen LogP contribution in [-0.2, 0) is 50.5 Å². The summed E-state index contributed by atoms with van der Waals surface area (Å²) in [5.41, 5.74) is 5.20. The minimum Gasteiger partial charge on any atom is -0.466 e. The number of hydrogen-bond acceptors (Lipinski definition) is 6. The molecule has 0 bridgehead atoms. The van der Waals surface area contributed by atoms with Gasteiger partial charge in [-0.3, -0.25) is 19.4 Å². The SMILES string of the molecule is CCOC(=O)CC(=O)N(Cc1ccccc1)Cc1cnc2cc3c(cc2c1)C[C@@]1(C3)C(=O)Nc2ncccc21. The summed E-state index contributed by atoms with van der Waals surface area (Å²) in [7, 11) is 0. The number of amides is 2. The van der Waals surface area contributed by atoms with Gasteiger partial charge in [0.1, 0.15) is 12.2 Å². The Labute approximate surface area is 226 Å². The largest absolute Gasteiger partial charge is 0.466 e. The molecular weight excluding hydrogens is 492 g/mol. The highest BCUT2D eigenvalue weighted by Gasteiger charge is 2.51. The number of esters is 1. The Kier molecular flexibility index (Phi) is 6.30. The van der Waals surface area contributed by atoms with Crippen LogP contribution in [0.5, 0.6) is 0 Å². The lowest BCUT2D eigenvalue weighted by molar-refractivity contribution is -0.149. The molecule has 1 atom stereocenters. The smallest absolute Gasteiger partial charge is 0.315 e. The molecule has 1 spiro atoms. The number of ether oxygens (including phenoxy) is 1. The fourth-order valence-electron chi connectivity index (χ4n) is 5.74. The van der Waals surface area contributed by atoms with Gasteiger partial charge in [-0.1, -0.05) is 36.4 Å². The number of carbonyl (C=O) groups excluding carboxylic acids is 3. The van der Waals surface area contributed by atoms with E-state index in [1.165, 1.54) is 0 Å². The number of anilines is 1. The van der Waals surface area contributed by atoms with E-state index in [0.29, 0.717) is 31.7 Å². The first kappa shape index (κ1) is 24.7. The highest BCUT2D eigenvalue weighted by Crippen LogP contribution is 2.47. The Morgan fingerprint density at radius 2 is 1.74 bits per heavy atom. The van der Waals surface area contributed by atoms with Crippen molar-refractivity contribution in [2.75, 3.05) is 11.9 Å². The van der Waals surface area contributed by atoms with E-state index in [-0.39, 0.29) is 24.8 Å². The summed E-state index contributed by atoms with van der Waals surface area (Å²) in [5.74, 6) is -0.199. The standard InChI is InChI=1S/C31H28N4O4/c1-2-39-28(37)14-27(36)35(18-20-7-4-3-5-8-20)19-21-11-22-12-23-15-31(16-24(23)13-26(22)33-17-21)25-9-6-10-32-29(25)34-30(31)38/h3-13,17H,2,14-16,18-19H2,1H3,(H,32,34,38)/t31-/m0/s1. The molecule has 0 radical (unpaired) electrons. The molecule has 8 nitrogen and oxygen atoms in total. The number of aromatic nitrogens is 2. The Morgan fingerprint density at radius 1 is 0.974 bits per heavy atom. The number of pyridine rings is 2. The molecule has 2 aliphatic rings. The third-order valence-electron chi connectivity index (χ3n) is 7.58. The maximum Gasteiger partial charge on any atom is 0.315 e. The van der Waals surface area contributed by atoms with Gasteiger partial charge in [-0.05, 0) is 66.3 Å². The fourth-order valence-corrected chi connectivity index (χ4v) is 5.74. The van der Waals surface area contributed by atoms with E-state index in [1.54, 1.807) is 24.2 Å². The summed E-state index contributed by atoms with van der Waals surface area (Å²) in [4.78, 5) is 48.9. The number of benzene rings is 2. The second-order valence-corrected chi connectivity index (χ2v) is 10.2. The Morgan fingerprint density at radius 3 is 2.54 bits per heavy atom. The second-order valence-electron chi connectivity index (χ2n) is 10.2. The number of nitrogens with zero attached hydrogens (tertiary/aromatic N) is 3. The molecular formula is C31H28N4O4. The monoisotopic (exact) mass is 520 g/mol. The first-order chi connectivity index (χ1) is 18.9. The van der Waals surface area contributed by atoms with Crippen LogP contribution in [0.1, 0.15) is 41.2 Å². The van der Waals surface area contributed by atoms with Gasteiger partial charge in [0.15, 0.2) is 0 Å². The van der Waals surface area contributed by atoms with E-state index in [4.69, 9.17) is 9.72 Å². The van der Waals surface area contributed by atoms with Gasteiger partial charge in [0, 0.05) is 36.4 Å². The Hall–Kier alpha value is -4.59. The first-order valence-electron chi connectivity index (χ1n) is 13.1. The van der Waals surface area contributed by atoms with Crippen molar-refractivity contribution >= 4 is 34.5 Å². The van der Waals surface area contributed by atoms with Gasteiger partial charge in [0.25, 0.3) is 0 Å². The molecule has 2 aromatic carbocycles. The lowest BCUT2D eigenvalue weighted by Gasteiger charge is -2.23. The fraction of sp³-hybridized carbons (Fsp3) is 0.258. The first-order valence-corrected chi connectivity index (χ1v) is 13.1. The normalized spacial score (nSPS) is 17.1. The van der Waals surface area contributed by atoms with Crippen LogP contribution in [0.25, 0.3) is 10.9 Å². The third-order valence-corrected chi connectivity index (χ3v) is 7.58. The van der Waals surface area contributed by atoms with Crippen LogP contribution >= 0.6 is 0 Å². The molecule has 1 aliphatic carbocycles. The van der Waals surface area contributed by atoms with Crippen molar-refractivity contribution in [3.05, 3.63) is 101 Å². The van der Waals surface area contributed by atoms with E-state index >= 15 is 0 Å². The third kappa shape index (κ3) is 4.63. The van der Waals surface area contributed by atoms with Crippen molar-refractivity contribution in [1.29, 1.82) is 0 Å². The number of rotatable bonds is 7. The second kappa shape index (κ2) is 9.94. The van der Waals surface area contributed by atoms with Crippen molar-refractivity contribution in [3.8, 4) is 0 Å². The molecule has 8 heteroatoms. The van der Waals surface area contributed by atoms with Crippen LogP contribution in [0.3, 0.4) is 0 Å². The molecule has 6 rings (SSSR count). The number of fused-ring (bicyclic) bond motifs is 4. The average molecular weight is 521 g/mol. The van der Waals surface area contributed by atoms with Crippen LogP contribution in [-0.4, -0.2) is 39.3 Å². The lowest BCUT2D eigenvalue weighted by Crippen LogP contribution is -2.35. The van der Waals surface area contributed by atoms with Gasteiger partial charge in [0.2, 0.25) is 11.8 Å². The molecule has 1 aliphatic heterocycles. The van der Waals surface area contributed by atoms with Gasteiger partial charge in [-0.2, -0.15) is 0 Å². The van der Waals surface area contributed by atoms with E-state index in [9.17, 15) is 14.4 Å². The predicted octanol–water partition coefficient (Wildman–Crippen LogP) is 4.10. The minimum absolute atomic E-state index is 0.0122. The van der Waals surface area contributed by atoms with Crippen molar-refractivity contribution < 1.29 is 19.1 Å². The molecule has 0 unspecified atom stereocenters. The molecule has 1 N–H and O–H groups in total. The van der Waals surface area contributed by atoms with Gasteiger partial charge in [0.05, 0.1) is 17.5 Å². The van der Waals surface area contributed by atoms with E-state index in [1.807, 2.05) is 48.5 Å². The van der Waals surface area contributed by atoms with Gasteiger partial charge in [-0.25, -0.2) is 4.98 Å². The van der Waals surface area contributed by atoms with Crippen LogP contribution in [0.4, 0.5) is 5.82 Å². The zero-order valence-corrected chi connectivity index (χ0v) is 21.6. The van der Waals surface area contributed by atoms with Crippen molar-refractivity contribution in [2.24, 2.45) is 0 Å². The van der Waals surface area contributed by atoms with Crippen LogP contribution < -0.4 is 5.32 Å². The van der Waals surface area contributed by atoms with E-state index in [0.717, 1.165) is 38.7 Å². The number of carbonyl (C=O) groups is 3. The van der Waals surface area contributed by atoms with Gasteiger partial charge in [-0.15, -0.1) is 0 Å². The van der Waals surface area contributed by atoms with Crippen molar-refractivity contribution in [1.82, 2.24) is 14.9 Å². The van der Waals surface area contributed by atoms with E-state index < -0.39 is 11.4 Å². The average Bonchev–Trinajstić information content (AvgIpc) is 3.44. The Balaban J connectivity index is 1.28. The predicted molar refractivity (Wildman–Crippen MR) is 146 cm³/mol. The molecule has 39 heavy (non-hydrogen) atoms. The molecule has 196 valence electrons. The molecule has 2 aromatic heterocycles. The maximum atomic E-state index is 13.1. The highest BCUT2D eigenvalue weighted by molar-refractivity contribution is 6.06. The Bertz CT molecular complexity index is 1600. The topological polar surface area (TPSA) is 101 Å². The van der Waals surface area contributed by atoms with Crippen LogP contribution in [0.15, 0.2) is 73.1 Å². The van der Waals surface area contributed by atoms with Gasteiger partial charge < -0.3 is 15.0 Å². The molecule has 0 fully saturated rings. The minimum atomic E-state index is -0.641. The highest BCUT2D eigenvalue weighted by atomic mass is 16.5. The van der Waals surface area contributed by atoms with Crippen molar-refractivity contribution in [2.45, 2.75) is 44.7 Å². The molecule has 0 saturated heterocycles.